The van der Waals surface area contributed by atoms with E-state index < -0.39 is 11.1 Å². The summed E-state index contributed by atoms with van der Waals surface area (Å²) in [6.07, 6.45) is 3.18. The van der Waals surface area contributed by atoms with Crippen LogP contribution < -0.4 is 34.9 Å². The van der Waals surface area contributed by atoms with Crippen molar-refractivity contribution >= 4 is 28.0 Å². The van der Waals surface area contributed by atoms with Crippen LogP contribution in [0.25, 0.3) is 11.0 Å². The second-order valence-electron chi connectivity index (χ2n) is 4.59. The molecule has 6 nitrogen and oxygen atoms in total. The van der Waals surface area contributed by atoms with Crippen molar-refractivity contribution in [2.24, 2.45) is 0 Å². The summed E-state index contributed by atoms with van der Waals surface area (Å²) in [6.45, 7) is 0.278. The van der Waals surface area contributed by atoms with Gasteiger partial charge < -0.3 is 14.3 Å². The molecule has 1 amide bonds. The minimum Gasteiger partial charge on any atom is -0.768 e. The minimum absolute atomic E-state index is 0. The number of hydrogen-bond donors (Lipinski definition) is 1. The van der Waals surface area contributed by atoms with Crippen LogP contribution in [0, 0.1) is 0 Å². The molecule has 2 heterocycles. The third kappa shape index (κ3) is 4.27. The molecule has 0 saturated carbocycles. The van der Waals surface area contributed by atoms with Crippen molar-refractivity contribution in [2.75, 3.05) is 0 Å². The molecule has 0 spiro atoms. The summed E-state index contributed by atoms with van der Waals surface area (Å²) in [5, 5.41) is 3.53. The molecule has 1 aromatic carbocycles. The first-order chi connectivity index (χ1) is 10.6. The van der Waals surface area contributed by atoms with E-state index in [1.54, 1.807) is 36.7 Å². The van der Waals surface area contributed by atoms with Gasteiger partial charge in [0.25, 0.3) is 5.91 Å². The van der Waals surface area contributed by atoms with E-state index in [1.165, 1.54) is 12.1 Å². The average molecular weight is 338 g/mol. The van der Waals surface area contributed by atoms with Gasteiger partial charge >= 0.3 is 29.6 Å². The Morgan fingerprint density at radius 2 is 2.00 bits per heavy atom. The largest absolute Gasteiger partial charge is 1.00 e. The van der Waals surface area contributed by atoms with E-state index in [1.807, 2.05) is 0 Å². The van der Waals surface area contributed by atoms with Crippen LogP contribution in [0.2, 0.25) is 0 Å². The third-order valence-corrected chi connectivity index (χ3v) is 3.77. The molecule has 1 N–H and O–H groups in total. The number of pyridine rings is 1. The first kappa shape index (κ1) is 17.8. The predicted molar refractivity (Wildman–Crippen MR) is 78.8 cm³/mol. The van der Waals surface area contributed by atoms with E-state index in [0.717, 1.165) is 10.9 Å². The van der Waals surface area contributed by atoms with Crippen LogP contribution in [0.15, 0.2) is 58.1 Å². The molecule has 1 atom stereocenters. The maximum atomic E-state index is 12.0. The van der Waals surface area contributed by atoms with Gasteiger partial charge in [-0.15, -0.1) is 0 Å². The Morgan fingerprint density at radius 1 is 1.26 bits per heavy atom. The number of carbonyl (C=O) groups excluding carboxylic acids is 1. The zero-order chi connectivity index (χ0) is 15.5. The van der Waals surface area contributed by atoms with Crippen molar-refractivity contribution in [3.05, 3.63) is 60.1 Å². The Labute approximate surface area is 156 Å². The Morgan fingerprint density at radius 3 is 2.65 bits per heavy atom. The smallest absolute Gasteiger partial charge is 0.768 e. The van der Waals surface area contributed by atoms with Crippen molar-refractivity contribution < 1.29 is 47.5 Å². The summed E-state index contributed by atoms with van der Waals surface area (Å²) >= 11 is -2.25. The van der Waals surface area contributed by atoms with Gasteiger partial charge in [-0.2, -0.15) is 0 Å². The van der Waals surface area contributed by atoms with E-state index in [0.29, 0.717) is 5.58 Å². The summed E-state index contributed by atoms with van der Waals surface area (Å²) in [4.78, 5) is 16.2. The Kier molecular flexibility index (Phi) is 6.09. The van der Waals surface area contributed by atoms with Gasteiger partial charge in [-0.3, -0.25) is 14.0 Å². The van der Waals surface area contributed by atoms with Crippen LogP contribution in [0.3, 0.4) is 0 Å². The van der Waals surface area contributed by atoms with E-state index in [4.69, 9.17) is 4.42 Å². The van der Waals surface area contributed by atoms with Crippen LogP contribution in [-0.4, -0.2) is 19.7 Å². The molecule has 2 aromatic heterocycles. The van der Waals surface area contributed by atoms with Gasteiger partial charge in [0.15, 0.2) is 11.3 Å². The van der Waals surface area contributed by atoms with E-state index in [2.05, 4.69) is 10.3 Å². The third-order valence-electron chi connectivity index (χ3n) is 3.12. The van der Waals surface area contributed by atoms with Crippen molar-refractivity contribution in [2.45, 2.75) is 11.4 Å². The Bertz CT molecular complexity index is 815. The minimum atomic E-state index is -2.25. The zero-order valence-electron chi connectivity index (χ0n) is 12.3. The van der Waals surface area contributed by atoms with E-state index in [9.17, 15) is 13.6 Å². The van der Waals surface area contributed by atoms with Gasteiger partial charge in [-0.05, 0) is 40.9 Å². The van der Waals surface area contributed by atoms with Crippen molar-refractivity contribution in [3.8, 4) is 0 Å². The molecule has 23 heavy (non-hydrogen) atoms. The standard InChI is InChI=1S/C15H12N2O4S.Na/c18-15(13-7-11-5-6-16-9-14(11)21-13)17-8-10-1-3-12(4-2-10)22(19)20;/h1-7,9H,8H2,(H,17,18)(H,19,20);/q;+1/p-1. The van der Waals surface area contributed by atoms with Gasteiger partial charge in [-0.1, -0.05) is 12.1 Å². The monoisotopic (exact) mass is 338 g/mol. The molecule has 0 aliphatic carbocycles. The first-order valence-electron chi connectivity index (χ1n) is 6.43. The van der Waals surface area contributed by atoms with Crippen molar-refractivity contribution in [1.29, 1.82) is 0 Å². The number of benzene rings is 1. The number of nitrogens with one attached hydrogen (secondary N) is 1. The average Bonchev–Trinajstić information content (AvgIpc) is 2.97. The summed E-state index contributed by atoms with van der Waals surface area (Å²) < 4.78 is 26.9. The number of rotatable bonds is 4. The summed E-state index contributed by atoms with van der Waals surface area (Å²) in [6, 6.07) is 9.67. The summed E-state index contributed by atoms with van der Waals surface area (Å²) in [7, 11) is 0. The van der Waals surface area contributed by atoms with E-state index >= 15 is 0 Å². The van der Waals surface area contributed by atoms with E-state index in [-0.39, 0.29) is 52.7 Å². The SMILES string of the molecule is O=C(NCc1ccc(S(=O)[O-])cc1)c1cc2ccncc2o1.[Na+]. The number of aromatic nitrogens is 1. The molecule has 0 aliphatic rings. The fourth-order valence-electron chi connectivity index (χ4n) is 1.98. The van der Waals surface area contributed by atoms with Gasteiger partial charge in [-0.25, -0.2) is 0 Å². The number of nitrogens with zero attached hydrogens (tertiary/aromatic N) is 1. The Hall–Kier alpha value is -1.51. The molecule has 0 fully saturated rings. The van der Waals surface area contributed by atoms with Crippen LogP contribution >= 0.6 is 0 Å². The fraction of sp³-hybridized carbons (Fsp3) is 0.0667. The number of carbonyl (C=O) groups is 1. The van der Waals surface area contributed by atoms with Crippen LogP contribution in [0.1, 0.15) is 16.1 Å². The molecular formula is C15H11N2NaO4S. The van der Waals surface area contributed by atoms with Gasteiger partial charge in [0.2, 0.25) is 0 Å². The van der Waals surface area contributed by atoms with Crippen LogP contribution in [0.4, 0.5) is 0 Å². The predicted octanol–water partition coefficient (Wildman–Crippen LogP) is -1.00. The number of amides is 1. The second kappa shape index (κ2) is 7.85. The van der Waals surface area contributed by atoms with Crippen molar-refractivity contribution in [1.82, 2.24) is 10.3 Å². The number of furan rings is 1. The topological polar surface area (TPSA) is 95.3 Å². The molecule has 0 saturated heterocycles. The summed E-state index contributed by atoms with van der Waals surface area (Å²) in [5.41, 5.74) is 1.34. The zero-order valence-corrected chi connectivity index (χ0v) is 15.1. The fourth-order valence-corrected chi connectivity index (χ4v) is 2.34. The van der Waals surface area contributed by atoms with Gasteiger partial charge in [0.05, 0.1) is 6.20 Å². The van der Waals surface area contributed by atoms with Gasteiger partial charge in [0.1, 0.15) is 0 Å². The molecule has 112 valence electrons. The molecule has 0 aliphatic heterocycles. The summed E-state index contributed by atoms with van der Waals surface area (Å²) in [5.74, 6) is -0.132. The Balaban J connectivity index is 0.00000192. The quantitative estimate of drug-likeness (QED) is 0.486. The number of hydrogen-bond acceptors (Lipinski definition) is 5. The maximum absolute atomic E-state index is 12.0. The van der Waals surface area contributed by atoms with Crippen LogP contribution in [0.5, 0.6) is 0 Å². The molecule has 3 aromatic rings. The molecule has 1 unspecified atom stereocenters. The molecule has 0 radical (unpaired) electrons. The van der Waals surface area contributed by atoms with Gasteiger partial charge in [0, 0.05) is 23.0 Å². The molecular weight excluding hydrogens is 327 g/mol. The first-order valence-corrected chi connectivity index (χ1v) is 7.51. The molecule has 3 rings (SSSR count). The molecule has 8 heteroatoms. The van der Waals surface area contributed by atoms with Crippen molar-refractivity contribution in [3.63, 3.8) is 0 Å². The second-order valence-corrected chi connectivity index (χ2v) is 5.53. The maximum Gasteiger partial charge on any atom is 1.00 e. The number of fused-ring (bicyclic) bond motifs is 1. The normalized spacial score (nSPS) is 11.7. The van der Waals surface area contributed by atoms with Crippen LogP contribution in [-0.2, 0) is 17.6 Å². The molecule has 0 bridgehead atoms.